The quantitative estimate of drug-likeness (QED) is 0.258. The molecule has 0 bridgehead atoms. The number of ether oxygens (including phenoxy) is 1. The number of allylic oxidation sites excluding steroid dienone is 7. The molecule has 0 unspecified atom stereocenters. The van der Waals surface area contributed by atoms with E-state index in [1.54, 1.807) is 0 Å². The van der Waals surface area contributed by atoms with Crippen LogP contribution in [0.1, 0.15) is 70.1 Å². The summed E-state index contributed by atoms with van der Waals surface area (Å²) in [6.07, 6.45) is 12.6. The van der Waals surface area contributed by atoms with Gasteiger partial charge in [0.15, 0.2) is 5.71 Å². The molecule has 0 saturated heterocycles. The van der Waals surface area contributed by atoms with Crippen molar-refractivity contribution in [3.63, 3.8) is 0 Å². The van der Waals surface area contributed by atoms with E-state index in [4.69, 9.17) is 9.84 Å². The van der Waals surface area contributed by atoms with Gasteiger partial charge in [-0.3, -0.25) is 4.79 Å². The van der Waals surface area contributed by atoms with E-state index in [0.717, 1.165) is 36.3 Å². The Hall–Kier alpha value is -4.64. The van der Waals surface area contributed by atoms with E-state index in [-0.39, 0.29) is 17.3 Å². The van der Waals surface area contributed by atoms with E-state index < -0.39 is 5.97 Å². The first kappa shape index (κ1) is 31.3. The lowest BCUT2D eigenvalue weighted by atomic mass is 9.81. The van der Waals surface area contributed by atoms with Crippen LogP contribution in [0.3, 0.4) is 0 Å². The van der Waals surface area contributed by atoms with E-state index in [0.29, 0.717) is 6.42 Å². The molecule has 2 heterocycles. The number of likely N-dealkylation sites (N-methyl/N-ethyl adjacent to an activating group) is 1. The fraction of sp³-hybridized carbons (Fsp3) is 0.317. The molecule has 236 valence electrons. The third-order valence-corrected chi connectivity index (χ3v) is 10.0. The van der Waals surface area contributed by atoms with Gasteiger partial charge in [0.25, 0.3) is 0 Å². The number of carboxylic acid groups (broad SMARTS) is 1. The monoisotopic (exact) mass is 613 g/mol. The standard InChI is InChI=1S/C41H44N2O3/c1-40(2)32-14-7-9-16-34(32)42(5)36(40)25-21-29-12-11-13-30(39(29)46-31-23-18-28(19-24-31)20-27-38(44)45)22-26-37-41(3,4)33-15-8-10-17-35(33)43(37)6/h7-10,14-19,21-26H,11-13,20,27H2,1-6H3/p+1. The molecule has 2 aliphatic heterocycles. The zero-order chi connectivity index (χ0) is 32.6. The summed E-state index contributed by atoms with van der Waals surface area (Å²) in [5.74, 6) is 0.874. The number of hydrogen-bond acceptors (Lipinski definition) is 3. The van der Waals surface area contributed by atoms with Gasteiger partial charge < -0.3 is 14.7 Å². The lowest BCUT2D eigenvalue weighted by Gasteiger charge is -2.25. The summed E-state index contributed by atoms with van der Waals surface area (Å²) < 4.78 is 9.06. The van der Waals surface area contributed by atoms with E-state index in [2.05, 4.69) is 124 Å². The Morgan fingerprint density at radius 1 is 0.891 bits per heavy atom. The number of benzene rings is 3. The lowest BCUT2D eigenvalue weighted by Crippen LogP contribution is -2.26. The molecule has 3 aliphatic rings. The highest BCUT2D eigenvalue weighted by molar-refractivity contribution is 6.03. The van der Waals surface area contributed by atoms with Gasteiger partial charge in [-0.1, -0.05) is 68.5 Å². The molecule has 0 saturated carbocycles. The van der Waals surface area contributed by atoms with Crippen molar-refractivity contribution in [2.75, 3.05) is 19.0 Å². The molecule has 3 aromatic carbocycles. The van der Waals surface area contributed by atoms with Crippen LogP contribution in [0.25, 0.3) is 0 Å². The van der Waals surface area contributed by atoms with E-state index in [9.17, 15) is 4.79 Å². The van der Waals surface area contributed by atoms with Crippen molar-refractivity contribution in [3.05, 3.63) is 136 Å². The molecule has 5 heteroatoms. The normalized spacial score (nSPS) is 20.2. The number of carboxylic acids is 1. The van der Waals surface area contributed by atoms with Crippen LogP contribution in [0.4, 0.5) is 11.4 Å². The maximum absolute atomic E-state index is 11.1. The highest BCUT2D eigenvalue weighted by atomic mass is 16.5. The number of para-hydroxylation sites is 2. The van der Waals surface area contributed by atoms with Crippen LogP contribution < -0.4 is 9.64 Å². The van der Waals surface area contributed by atoms with Gasteiger partial charge in [0.1, 0.15) is 18.6 Å². The number of nitrogens with zero attached hydrogens (tertiary/aromatic N) is 2. The molecule has 46 heavy (non-hydrogen) atoms. The zero-order valence-electron chi connectivity index (χ0n) is 27.9. The maximum Gasteiger partial charge on any atom is 0.303 e. The van der Waals surface area contributed by atoms with E-state index >= 15 is 0 Å². The molecule has 5 nitrogen and oxygen atoms in total. The highest BCUT2D eigenvalue weighted by Gasteiger charge is 2.42. The average molecular weight is 614 g/mol. The van der Waals surface area contributed by atoms with Crippen LogP contribution in [0.5, 0.6) is 5.75 Å². The first-order valence-electron chi connectivity index (χ1n) is 16.3. The second-order valence-corrected chi connectivity index (χ2v) is 13.7. The summed E-state index contributed by atoms with van der Waals surface area (Å²) in [6, 6.07) is 25.2. The molecule has 0 radical (unpaired) electrons. The molecule has 0 amide bonds. The fourth-order valence-corrected chi connectivity index (χ4v) is 7.41. The summed E-state index contributed by atoms with van der Waals surface area (Å²) >= 11 is 0. The van der Waals surface area contributed by atoms with Crippen molar-refractivity contribution in [2.24, 2.45) is 0 Å². The van der Waals surface area contributed by atoms with Crippen LogP contribution >= 0.6 is 0 Å². The number of rotatable bonds is 8. The molecule has 0 spiro atoms. The largest absolute Gasteiger partial charge is 0.481 e. The zero-order valence-corrected chi connectivity index (χ0v) is 27.9. The van der Waals surface area contributed by atoms with Crippen LogP contribution in [-0.4, -0.2) is 35.5 Å². The summed E-state index contributed by atoms with van der Waals surface area (Å²) in [7, 11) is 4.31. The van der Waals surface area contributed by atoms with Gasteiger partial charge in [0, 0.05) is 48.0 Å². The smallest absolute Gasteiger partial charge is 0.303 e. The Labute approximate surface area is 273 Å². The van der Waals surface area contributed by atoms with Crippen molar-refractivity contribution in [2.45, 2.75) is 70.6 Å². The van der Waals surface area contributed by atoms with Crippen molar-refractivity contribution in [3.8, 4) is 5.75 Å². The number of hydrogen-bond donors (Lipinski definition) is 1. The van der Waals surface area contributed by atoms with Crippen LogP contribution in [-0.2, 0) is 22.0 Å². The molecule has 0 aromatic heterocycles. The number of carbonyl (C=O) groups is 1. The van der Waals surface area contributed by atoms with Gasteiger partial charge in [-0.05, 0) is 92.2 Å². The Balaban J connectivity index is 1.39. The second-order valence-electron chi connectivity index (χ2n) is 13.7. The summed E-state index contributed by atoms with van der Waals surface area (Å²) in [5, 5.41) is 9.11. The van der Waals surface area contributed by atoms with Gasteiger partial charge in [0.05, 0.1) is 5.41 Å². The lowest BCUT2D eigenvalue weighted by molar-refractivity contribution is -0.401. The fourth-order valence-electron chi connectivity index (χ4n) is 7.41. The van der Waals surface area contributed by atoms with Crippen molar-refractivity contribution in [1.29, 1.82) is 0 Å². The molecular formula is C41H45N2O3+. The Kier molecular flexibility index (Phi) is 8.37. The first-order chi connectivity index (χ1) is 22.0. The SMILES string of the molecule is CN1/C(=C/C=C2\CCCC(/C=C/C3=[N+](C)c4ccccc4C3(C)C)=C2Oc2ccc(CCC(=O)O)cc2)C(C)(C)c2ccccc21. The average Bonchev–Trinajstić information content (AvgIpc) is 3.36. The van der Waals surface area contributed by atoms with Crippen LogP contribution in [0.2, 0.25) is 0 Å². The Morgan fingerprint density at radius 3 is 2.28 bits per heavy atom. The third kappa shape index (κ3) is 5.75. The van der Waals surface area contributed by atoms with Gasteiger partial charge >= 0.3 is 5.97 Å². The Morgan fingerprint density at radius 2 is 1.59 bits per heavy atom. The number of aliphatic carboxylic acids is 1. The molecule has 6 rings (SSSR count). The second kappa shape index (κ2) is 12.3. The van der Waals surface area contributed by atoms with Crippen molar-refractivity contribution >= 4 is 23.1 Å². The molecule has 0 fully saturated rings. The number of anilines is 1. The van der Waals surface area contributed by atoms with Crippen LogP contribution in [0, 0.1) is 0 Å². The number of fused-ring (bicyclic) bond motifs is 2. The molecule has 0 atom stereocenters. The predicted molar refractivity (Wildman–Crippen MR) is 187 cm³/mol. The minimum atomic E-state index is -0.788. The molecule has 1 aliphatic carbocycles. The van der Waals surface area contributed by atoms with Gasteiger partial charge in [0.2, 0.25) is 5.69 Å². The van der Waals surface area contributed by atoms with Gasteiger partial charge in [-0.25, -0.2) is 0 Å². The third-order valence-electron chi connectivity index (χ3n) is 10.0. The van der Waals surface area contributed by atoms with Crippen LogP contribution in [0.15, 0.2) is 120 Å². The highest BCUT2D eigenvalue weighted by Crippen LogP contribution is 2.47. The van der Waals surface area contributed by atoms with Crippen molar-refractivity contribution in [1.82, 2.24) is 0 Å². The van der Waals surface area contributed by atoms with E-state index in [1.165, 1.54) is 45.1 Å². The van der Waals surface area contributed by atoms with E-state index in [1.807, 2.05) is 24.3 Å². The first-order valence-corrected chi connectivity index (χ1v) is 16.3. The predicted octanol–water partition coefficient (Wildman–Crippen LogP) is 9.02. The Bertz CT molecular complexity index is 1830. The minimum Gasteiger partial charge on any atom is -0.481 e. The summed E-state index contributed by atoms with van der Waals surface area (Å²) in [6.45, 7) is 9.18. The maximum atomic E-state index is 11.1. The molecular weight excluding hydrogens is 568 g/mol. The number of aryl methyl sites for hydroxylation is 1. The van der Waals surface area contributed by atoms with Crippen molar-refractivity contribution < 1.29 is 19.2 Å². The molecule has 3 aromatic rings. The topological polar surface area (TPSA) is 52.8 Å². The van der Waals surface area contributed by atoms with Gasteiger partial charge in [-0.2, -0.15) is 4.58 Å². The summed E-state index contributed by atoms with van der Waals surface area (Å²) in [4.78, 5) is 13.4. The van der Waals surface area contributed by atoms with Gasteiger partial charge in [-0.15, -0.1) is 0 Å². The minimum absolute atomic E-state index is 0.111. The summed E-state index contributed by atoms with van der Waals surface area (Å²) in [5.41, 5.74) is 10.8. The molecule has 1 N–H and O–H groups in total.